The van der Waals surface area contributed by atoms with Crippen LogP contribution in [0.1, 0.15) is 38.7 Å². The zero-order valence-corrected chi connectivity index (χ0v) is 10.1. The van der Waals surface area contributed by atoms with Crippen molar-refractivity contribution in [1.29, 1.82) is 0 Å². The van der Waals surface area contributed by atoms with Gasteiger partial charge in [-0.25, -0.2) is 0 Å². The van der Waals surface area contributed by atoms with E-state index in [9.17, 15) is 4.79 Å². The van der Waals surface area contributed by atoms with Crippen LogP contribution in [0.5, 0.6) is 0 Å². The Labute approximate surface area is 97.6 Å². The van der Waals surface area contributed by atoms with Gasteiger partial charge >= 0.3 is 5.97 Å². The van der Waals surface area contributed by atoms with Crippen LogP contribution in [-0.4, -0.2) is 12.1 Å². The fraction of sp³-hybridized carbons (Fsp3) is 0.500. The van der Waals surface area contributed by atoms with Crippen molar-refractivity contribution < 1.29 is 9.53 Å². The third-order valence-electron chi connectivity index (χ3n) is 2.54. The minimum atomic E-state index is -0.175. The van der Waals surface area contributed by atoms with Gasteiger partial charge in [0.05, 0.1) is 0 Å². The first-order chi connectivity index (χ1) is 7.72. The van der Waals surface area contributed by atoms with Gasteiger partial charge in [-0.05, 0) is 24.8 Å². The summed E-state index contributed by atoms with van der Waals surface area (Å²) in [7, 11) is 0. The average Bonchev–Trinajstić information content (AvgIpc) is 2.27. The molecule has 1 atom stereocenters. The Bertz CT molecular complexity index is 306. The minimum absolute atomic E-state index is 0.0720. The molecule has 0 spiro atoms. The Balaban J connectivity index is 2.40. The van der Waals surface area contributed by atoms with Gasteiger partial charge < -0.3 is 4.74 Å². The van der Waals surface area contributed by atoms with Crippen molar-refractivity contribution in [2.75, 3.05) is 0 Å². The molecule has 0 amide bonds. The molecule has 0 heterocycles. The molecule has 0 N–H and O–H groups in total. The lowest BCUT2D eigenvalue weighted by Crippen LogP contribution is -2.16. The van der Waals surface area contributed by atoms with E-state index in [1.807, 2.05) is 18.2 Å². The van der Waals surface area contributed by atoms with Gasteiger partial charge in [0.2, 0.25) is 0 Å². The summed E-state index contributed by atoms with van der Waals surface area (Å²) in [5, 5.41) is 0. The highest BCUT2D eigenvalue weighted by molar-refractivity contribution is 5.66. The smallest absolute Gasteiger partial charge is 0.302 e. The normalized spacial score (nSPS) is 12.1. The van der Waals surface area contributed by atoms with Gasteiger partial charge in [0.25, 0.3) is 0 Å². The van der Waals surface area contributed by atoms with E-state index < -0.39 is 0 Å². The quantitative estimate of drug-likeness (QED) is 0.687. The average molecular weight is 220 g/mol. The highest BCUT2D eigenvalue weighted by Crippen LogP contribution is 2.12. The van der Waals surface area contributed by atoms with Crippen LogP contribution in [-0.2, 0) is 16.0 Å². The molecule has 0 saturated heterocycles. The van der Waals surface area contributed by atoms with E-state index in [0.717, 1.165) is 25.7 Å². The summed E-state index contributed by atoms with van der Waals surface area (Å²) in [5.74, 6) is -0.175. The second-order valence-corrected chi connectivity index (χ2v) is 4.04. The zero-order valence-electron chi connectivity index (χ0n) is 10.1. The van der Waals surface area contributed by atoms with Crippen LogP contribution in [0.2, 0.25) is 0 Å². The molecule has 0 saturated carbocycles. The van der Waals surface area contributed by atoms with E-state index in [2.05, 4.69) is 19.1 Å². The molecule has 0 aliphatic heterocycles. The van der Waals surface area contributed by atoms with Crippen molar-refractivity contribution >= 4 is 5.97 Å². The van der Waals surface area contributed by atoms with Gasteiger partial charge in [0, 0.05) is 6.92 Å². The molecule has 1 aromatic carbocycles. The number of carbonyl (C=O) groups is 1. The number of hydrogen-bond acceptors (Lipinski definition) is 2. The van der Waals surface area contributed by atoms with Crippen LogP contribution in [0.15, 0.2) is 30.3 Å². The number of hydrogen-bond donors (Lipinski definition) is 0. The lowest BCUT2D eigenvalue weighted by atomic mass is 10.0. The second-order valence-electron chi connectivity index (χ2n) is 4.04. The summed E-state index contributed by atoms with van der Waals surface area (Å²) in [6.45, 7) is 3.59. The third kappa shape index (κ3) is 4.96. The molecule has 2 nitrogen and oxygen atoms in total. The molecule has 2 heteroatoms. The van der Waals surface area contributed by atoms with E-state index in [1.165, 1.54) is 12.5 Å². The highest BCUT2D eigenvalue weighted by Gasteiger charge is 2.10. The Morgan fingerprint density at radius 1 is 1.25 bits per heavy atom. The topological polar surface area (TPSA) is 26.3 Å². The summed E-state index contributed by atoms with van der Waals surface area (Å²) in [4.78, 5) is 10.9. The van der Waals surface area contributed by atoms with Gasteiger partial charge in [0.15, 0.2) is 0 Å². The first-order valence-electron chi connectivity index (χ1n) is 5.93. The molecule has 16 heavy (non-hydrogen) atoms. The molecular weight excluding hydrogens is 200 g/mol. The molecule has 0 bridgehead atoms. The number of carbonyl (C=O) groups excluding carboxylic acids is 1. The molecule has 88 valence electrons. The van der Waals surface area contributed by atoms with Crippen LogP contribution in [0, 0.1) is 0 Å². The first-order valence-corrected chi connectivity index (χ1v) is 5.93. The maximum absolute atomic E-state index is 10.9. The Morgan fingerprint density at radius 2 is 1.94 bits per heavy atom. The summed E-state index contributed by atoms with van der Waals surface area (Å²) in [5.41, 5.74) is 1.30. The largest absolute Gasteiger partial charge is 0.463 e. The molecular formula is C14H20O2. The van der Waals surface area contributed by atoms with Crippen LogP contribution in [0.3, 0.4) is 0 Å². The molecule has 0 radical (unpaired) electrons. The van der Waals surface area contributed by atoms with Crippen molar-refractivity contribution in [3.63, 3.8) is 0 Å². The van der Waals surface area contributed by atoms with Crippen LogP contribution in [0.25, 0.3) is 0 Å². The maximum atomic E-state index is 10.9. The molecule has 1 aromatic rings. The lowest BCUT2D eigenvalue weighted by Gasteiger charge is -2.16. The fourth-order valence-corrected chi connectivity index (χ4v) is 1.79. The van der Waals surface area contributed by atoms with Crippen LogP contribution in [0.4, 0.5) is 0 Å². The van der Waals surface area contributed by atoms with E-state index >= 15 is 0 Å². The minimum Gasteiger partial charge on any atom is -0.463 e. The summed E-state index contributed by atoms with van der Waals surface area (Å²) in [6, 6.07) is 10.3. The van der Waals surface area contributed by atoms with Gasteiger partial charge in [-0.2, -0.15) is 0 Å². The van der Waals surface area contributed by atoms with Crippen molar-refractivity contribution in [3.8, 4) is 0 Å². The first kappa shape index (κ1) is 12.8. The maximum Gasteiger partial charge on any atom is 0.302 e. The van der Waals surface area contributed by atoms with Crippen molar-refractivity contribution in [3.05, 3.63) is 35.9 Å². The third-order valence-corrected chi connectivity index (χ3v) is 2.54. The van der Waals surface area contributed by atoms with Gasteiger partial charge in [-0.3, -0.25) is 4.79 Å². The number of ether oxygens (including phenoxy) is 1. The monoisotopic (exact) mass is 220 g/mol. The number of rotatable bonds is 6. The zero-order chi connectivity index (χ0) is 11.8. The van der Waals surface area contributed by atoms with Gasteiger partial charge in [-0.1, -0.05) is 43.7 Å². The second kappa shape index (κ2) is 7.04. The Hall–Kier alpha value is -1.31. The molecule has 0 aromatic heterocycles. The van der Waals surface area contributed by atoms with Crippen molar-refractivity contribution in [1.82, 2.24) is 0 Å². The van der Waals surface area contributed by atoms with Crippen molar-refractivity contribution in [2.45, 2.75) is 45.6 Å². The van der Waals surface area contributed by atoms with E-state index in [4.69, 9.17) is 4.74 Å². The summed E-state index contributed by atoms with van der Waals surface area (Å²) in [6.07, 6.45) is 3.96. The molecule has 0 aliphatic rings. The summed E-state index contributed by atoms with van der Waals surface area (Å²) >= 11 is 0. The Morgan fingerprint density at radius 3 is 2.50 bits per heavy atom. The van der Waals surface area contributed by atoms with Crippen LogP contribution >= 0.6 is 0 Å². The highest BCUT2D eigenvalue weighted by atomic mass is 16.5. The molecule has 0 aliphatic carbocycles. The van der Waals surface area contributed by atoms with Gasteiger partial charge in [-0.15, -0.1) is 0 Å². The standard InChI is InChI=1S/C14H20O2/c1-3-7-14(16-12(2)15)11-10-13-8-5-4-6-9-13/h4-6,8-9,14H,3,7,10-11H2,1-2H3/t14-/m0/s1. The Kier molecular flexibility index (Phi) is 5.62. The number of benzene rings is 1. The fourth-order valence-electron chi connectivity index (χ4n) is 1.79. The predicted octanol–water partition coefficient (Wildman–Crippen LogP) is 3.35. The van der Waals surface area contributed by atoms with E-state index in [1.54, 1.807) is 0 Å². The number of esters is 1. The summed E-state index contributed by atoms with van der Waals surface area (Å²) < 4.78 is 5.27. The predicted molar refractivity (Wildman–Crippen MR) is 65.2 cm³/mol. The molecule has 1 rings (SSSR count). The van der Waals surface area contributed by atoms with E-state index in [0.29, 0.717) is 0 Å². The van der Waals surface area contributed by atoms with Gasteiger partial charge in [0.1, 0.15) is 6.10 Å². The number of aryl methyl sites for hydroxylation is 1. The van der Waals surface area contributed by atoms with E-state index in [-0.39, 0.29) is 12.1 Å². The van der Waals surface area contributed by atoms with Crippen LogP contribution < -0.4 is 0 Å². The lowest BCUT2D eigenvalue weighted by molar-refractivity contribution is -0.146. The molecule has 0 fully saturated rings. The van der Waals surface area contributed by atoms with Crippen molar-refractivity contribution in [2.24, 2.45) is 0 Å². The SMILES string of the molecule is CCC[C@@H](CCc1ccccc1)OC(C)=O. The molecule has 0 unspecified atom stereocenters.